The van der Waals surface area contributed by atoms with E-state index in [1.54, 1.807) is 24.3 Å². The molecule has 0 saturated heterocycles. The van der Waals surface area contributed by atoms with Crippen LogP contribution in [-0.4, -0.2) is 12.6 Å². The lowest BCUT2D eigenvalue weighted by Crippen LogP contribution is -2.28. The van der Waals surface area contributed by atoms with Crippen LogP contribution in [0, 0.1) is 10.7 Å². The molecule has 0 aliphatic rings. The number of urea groups is 1. The van der Waals surface area contributed by atoms with Gasteiger partial charge in [0, 0.05) is 17.1 Å². The van der Waals surface area contributed by atoms with Crippen molar-refractivity contribution in [2.24, 2.45) is 0 Å². The maximum atomic E-state index is 11.9. The first-order valence-electron chi connectivity index (χ1n) is 7.14. The highest BCUT2D eigenvalue weighted by Crippen LogP contribution is 2.19. The van der Waals surface area contributed by atoms with Gasteiger partial charge < -0.3 is 15.4 Å². The van der Waals surface area contributed by atoms with Crippen LogP contribution in [0.5, 0.6) is 5.75 Å². The van der Waals surface area contributed by atoms with Crippen molar-refractivity contribution < 1.29 is 9.53 Å². The van der Waals surface area contributed by atoms with Crippen LogP contribution in [0.1, 0.15) is 12.5 Å². The fourth-order valence-electron chi connectivity index (χ4n) is 1.89. The van der Waals surface area contributed by atoms with Gasteiger partial charge in [-0.05, 0) is 60.6 Å². The van der Waals surface area contributed by atoms with Gasteiger partial charge in [0.05, 0.1) is 6.61 Å². The Morgan fingerprint density at radius 1 is 1.17 bits per heavy atom. The highest BCUT2D eigenvalue weighted by Gasteiger charge is 2.02. The summed E-state index contributed by atoms with van der Waals surface area (Å²) in [6, 6.07) is 14.4. The Morgan fingerprint density at radius 3 is 2.48 bits per heavy atom. The second-order valence-corrected chi connectivity index (χ2v) is 5.46. The van der Waals surface area contributed by atoms with Crippen LogP contribution in [0.2, 0.25) is 0 Å². The van der Waals surface area contributed by atoms with E-state index < -0.39 is 0 Å². The van der Waals surface area contributed by atoms with Gasteiger partial charge in [-0.15, -0.1) is 0 Å². The van der Waals surface area contributed by atoms with Gasteiger partial charge >= 0.3 is 6.03 Å². The van der Waals surface area contributed by atoms with Crippen LogP contribution in [0.3, 0.4) is 0 Å². The number of carbonyl (C=O) groups is 1. The zero-order valence-corrected chi connectivity index (χ0v) is 13.5. The summed E-state index contributed by atoms with van der Waals surface area (Å²) in [5.41, 5.74) is 1.67. The highest BCUT2D eigenvalue weighted by molar-refractivity contribution is 8.03. The van der Waals surface area contributed by atoms with Crippen LogP contribution < -0.4 is 15.4 Å². The molecular formula is C17H17N3O2S. The summed E-state index contributed by atoms with van der Waals surface area (Å²) in [6.07, 6.45) is 0. The Morgan fingerprint density at radius 2 is 1.87 bits per heavy atom. The zero-order valence-electron chi connectivity index (χ0n) is 12.7. The van der Waals surface area contributed by atoms with Crippen LogP contribution in [0.25, 0.3) is 0 Å². The molecule has 0 aromatic heterocycles. The van der Waals surface area contributed by atoms with Crippen molar-refractivity contribution in [2.45, 2.75) is 18.4 Å². The molecule has 0 saturated carbocycles. The van der Waals surface area contributed by atoms with E-state index in [-0.39, 0.29) is 6.03 Å². The summed E-state index contributed by atoms with van der Waals surface area (Å²) >= 11 is 1.08. The van der Waals surface area contributed by atoms with E-state index >= 15 is 0 Å². The molecule has 0 fully saturated rings. The zero-order chi connectivity index (χ0) is 16.5. The molecule has 2 aromatic carbocycles. The lowest BCUT2D eigenvalue weighted by atomic mass is 10.2. The Balaban J connectivity index is 1.81. The molecule has 0 spiro atoms. The predicted molar refractivity (Wildman–Crippen MR) is 91.4 cm³/mol. The summed E-state index contributed by atoms with van der Waals surface area (Å²) in [5.74, 6) is 0.816. The fourth-order valence-corrected chi connectivity index (χ4v) is 2.26. The topological polar surface area (TPSA) is 74.2 Å². The maximum absolute atomic E-state index is 11.9. The third-order valence-corrected chi connectivity index (χ3v) is 3.56. The van der Waals surface area contributed by atoms with E-state index in [0.717, 1.165) is 28.0 Å². The summed E-state index contributed by atoms with van der Waals surface area (Å²) in [4.78, 5) is 12.7. The number of nitriles is 1. The average molecular weight is 327 g/mol. The van der Waals surface area contributed by atoms with Crippen molar-refractivity contribution in [2.75, 3.05) is 11.9 Å². The molecule has 6 heteroatoms. The molecule has 0 heterocycles. The molecule has 2 amide bonds. The SMILES string of the molecule is CCOc1ccc(CNC(=O)Nc2ccc(SC#N)cc2)cc1. The molecule has 0 atom stereocenters. The van der Waals surface area contributed by atoms with E-state index in [9.17, 15) is 4.79 Å². The number of benzene rings is 2. The molecule has 2 aromatic rings. The van der Waals surface area contributed by atoms with Gasteiger partial charge in [0.15, 0.2) is 0 Å². The standard InChI is InChI=1S/C17H17N3O2S/c1-2-22-15-7-3-13(4-8-15)11-19-17(21)20-14-5-9-16(10-6-14)23-12-18/h3-10H,2,11H2,1H3,(H2,19,20,21). The number of anilines is 1. The number of nitrogens with zero attached hydrogens (tertiary/aromatic N) is 1. The number of hydrogen-bond acceptors (Lipinski definition) is 4. The molecule has 23 heavy (non-hydrogen) atoms. The first-order valence-corrected chi connectivity index (χ1v) is 7.95. The number of thiocyanates is 1. The predicted octanol–water partition coefficient (Wildman–Crippen LogP) is 3.98. The van der Waals surface area contributed by atoms with Gasteiger partial charge in [-0.2, -0.15) is 5.26 Å². The van der Waals surface area contributed by atoms with Crippen molar-refractivity contribution >= 4 is 23.5 Å². The van der Waals surface area contributed by atoms with Gasteiger partial charge in [-0.3, -0.25) is 0 Å². The highest BCUT2D eigenvalue weighted by atomic mass is 32.2. The third kappa shape index (κ3) is 5.57. The number of carbonyl (C=O) groups excluding carboxylic acids is 1. The molecule has 0 bridgehead atoms. The minimum Gasteiger partial charge on any atom is -0.494 e. The minimum absolute atomic E-state index is 0.278. The van der Waals surface area contributed by atoms with Crippen molar-refractivity contribution in [3.05, 3.63) is 54.1 Å². The number of thioether (sulfide) groups is 1. The second kappa shape index (κ2) is 8.71. The molecule has 118 valence electrons. The normalized spacial score (nSPS) is 9.74. The van der Waals surface area contributed by atoms with Crippen molar-refractivity contribution in [1.29, 1.82) is 5.26 Å². The molecule has 0 radical (unpaired) electrons. The molecule has 0 unspecified atom stereocenters. The van der Waals surface area contributed by atoms with Gasteiger partial charge in [0.2, 0.25) is 0 Å². The molecule has 0 aliphatic carbocycles. The van der Waals surface area contributed by atoms with Crippen LogP contribution in [-0.2, 0) is 6.54 Å². The summed E-state index contributed by atoms with van der Waals surface area (Å²) in [7, 11) is 0. The molecule has 2 rings (SSSR count). The maximum Gasteiger partial charge on any atom is 0.319 e. The van der Waals surface area contributed by atoms with E-state index in [4.69, 9.17) is 10.00 Å². The van der Waals surface area contributed by atoms with Crippen LogP contribution >= 0.6 is 11.8 Å². The largest absolute Gasteiger partial charge is 0.494 e. The molecule has 2 N–H and O–H groups in total. The smallest absolute Gasteiger partial charge is 0.319 e. The lowest BCUT2D eigenvalue weighted by molar-refractivity contribution is 0.251. The summed E-state index contributed by atoms with van der Waals surface area (Å²) < 4.78 is 5.37. The van der Waals surface area contributed by atoms with Gasteiger partial charge in [0.25, 0.3) is 0 Å². The van der Waals surface area contributed by atoms with Crippen molar-refractivity contribution in [3.63, 3.8) is 0 Å². The molecular weight excluding hydrogens is 310 g/mol. The summed E-state index contributed by atoms with van der Waals surface area (Å²) in [5, 5.41) is 16.1. The monoisotopic (exact) mass is 327 g/mol. The average Bonchev–Trinajstić information content (AvgIpc) is 2.57. The van der Waals surface area contributed by atoms with E-state index in [1.165, 1.54) is 0 Å². The van der Waals surface area contributed by atoms with E-state index in [1.807, 2.05) is 36.6 Å². The van der Waals surface area contributed by atoms with Crippen molar-refractivity contribution in [3.8, 4) is 11.2 Å². The Bertz CT molecular complexity index is 678. The van der Waals surface area contributed by atoms with Crippen LogP contribution in [0.15, 0.2) is 53.4 Å². The molecule has 0 aliphatic heterocycles. The van der Waals surface area contributed by atoms with E-state index in [0.29, 0.717) is 18.8 Å². The quantitative estimate of drug-likeness (QED) is 0.621. The van der Waals surface area contributed by atoms with Crippen LogP contribution in [0.4, 0.5) is 10.5 Å². The first kappa shape index (κ1) is 16.7. The molecule has 5 nitrogen and oxygen atoms in total. The van der Waals surface area contributed by atoms with E-state index in [2.05, 4.69) is 10.6 Å². The fraction of sp³-hybridized carbons (Fsp3) is 0.176. The Kier molecular flexibility index (Phi) is 6.33. The number of rotatable bonds is 6. The van der Waals surface area contributed by atoms with Crippen molar-refractivity contribution in [1.82, 2.24) is 5.32 Å². The van der Waals surface area contributed by atoms with Gasteiger partial charge in [0.1, 0.15) is 11.2 Å². The number of amides is 2. The van der Waals surface area contributed by atoms with Gasteiger partial charge in [-0.25, -0.2) is 4.79 Å². The first-order chi connectivity index (χ1) is 11.2. The second-order valence-electron chi connectivity index (χ2n) is 4.60. The Hall–Kier alpha value is -2.65. The third-order valence-electron chi connectivity index (χ3n) is 2.96. The number of hydrogen-bond donors (Lipinski definition) is 2. The lowest BCUT2D eigenvalue weighted by Gasteiger charge is -2.09. The van der Waals surface area contributed by atoms with Gasteiger partial charge in [-0.1, -0.05) is 12.1 Å². The Labute approximate surface area is 139 Å². The number of nitrogens with one attached hydrogen (secondary N) is 2. The number of ether oxygens (including phenoxy) is 1. The minimum atomic E-state index is -0.278. The summed E-state index contributed by atoms with van der Waals surface area (Å²) in [6.45, 7) is 3.00.